The predicted octanol–water partition coefficient (Wildman–Crippen LogP) is 3.77. The highest BCUT2D eigenvalue weighted by Gasteiger charge is 2.23. The minimum atomic E-state index is 0.491. The number of anilines is 1. The number of benzene rings is 1. The summed E-state index contributed by atoms with van der Waals surface area (Å²) in [4.78, 5) is 6.84. The Morgan fingerprint density at radius 1 is 1.38 bits per heavy atom. The molecule has 2 heterocycles. The van der Waals surface area contributed by atoms with Crippen molar-refractivity contribution < 1.29 is 0 Å². The van der Waals surface area contributed by atoms with E-state index in [2.05, 4.69) is 53.3 Å². The SMILES string of the molecule is CCN1CCCC(C(C)Nc2cccc3ccncc23)C1. The largest absolute Gasteiger partial charge is 0.382 e. The van der Waals surface area contributed by atoms with Crippen LogP contribution in [-0.2, 0) is 0 Å². The fourth-order valence-corrected chi connectivity index (χ4v) is 3.39. The molecular formula is C18H25N3. The van der Waals surface area contributed by atoms with E-state index >= 15 is 0 Å². The second-order valence-corrected chi connectivity index (χ2v) is 6.13. The van der Waals surface area contributed by atoms with Crippen molar-refractivity contribution in [3.8, 4) is 0 Å². The molecule has 1 fully saturated rings. The molecule has 0 amide bonds. The van der Waals surface area contributed by atoms with Crippen LogP contribution in [-0.4, -0.2) is 35.6 Å². The number of aromatic nitrogens is 1. The average Bonchev–Trinajstić information content (AvgIpc) is 2.55. The van der Waals surface area contributed by atoms with Gasteiger partial charge in [0.25, 0.3) is 0 Å². The van der Waals surface area contributed by atoms with Crippen LogP contribution in [0.4, 0.5) is 5.69 Å². The molecule has 3 nitrogen and oxygen atoms in total. The van der Waals surface area contributed by atoms with Crippen molar-refractivity contribution in [3.63, 3.8) is 0 Å². The number of nitrogens with one attached hydrogen (secondary N) is 1. The van der Waals surface area contributed by atoms with Gasteiger partial charge < -0.3 is 10.2 Å². The Morgan fingerprint density at radius 3 is 3.14 bits per heavy atom. The zero-order valence-corrected chi connectivity index (χ0v) is 13.0. The van der Waals surface area contributed by atoms with Gasteiger partial charge >= 0.3 is 0 Å². The summed E-state index contributed by atoms with van der Waals surface area (Å²) >= 11 is 0. The van der Waals surface area contributed by atoms with Crippen molar-refractivity contribution in [1.29, 1.82) is 0 Å². The Labute approximate surface area is 127 Å². The molecule has 1 aromatic carbocycles. The van der Waals surface area contributed by atoms with Crippen LogP contribution >= 0.6 is 0 Å². The third-order valence-electron chi connectivity index (χ3n) is 4.76. The van der Waals surface area contributed by atoms with E-state index < -0.39 is 0 Å². The van der Waals surface area contributed by atoms with Gasteiger partial charge in [0.05, 0.1) is 0 Å². The number of nitrogens with zero attached hydrogens (tertiary/aromatic N) is 2. The number of fused-ring (bicyclic) bond motifs is 1. The molecule has 0 aliphatic carbocycles. The lowest BCUT2D eigenvalue weighted by Gasteiger charge is -2.36. The Balaban J connectivity index is 1.75. The molecule has 21 heavy (non-hydrogen) atoms. The summed E-state index contributed by atoms with van der Waals surface area (Å²) in [6.07, 6.45) is 6.47. The van der Waals surface area contributed by atoms with Gasteiger partial charge in [-0.1, -0.05) is 19.1 Å². The molecule has 3 heteroatoms. The first-order chi connectivity index (χ1) is 10.3. The van der Waals surface area contributed by atoms with Gasteiger partial charge in [-0.05, 0) is 56.3 Å². The molecular weight excluding hydrogens is 258 g/mol. The van der Waals surface area contributed by atoms with E-state index in [1.54, 1.807) is 0 Å². The van der Waals surface area contributed by atoms with Crippen molar-refractivity contribution >= 4 is 16.5 Å². The third-order valence-corrected chi connectivity index (χ3v) is 4.76. The second kappa shape index (κ2) is 6.44. The van der Waals surface area contributed by atoms with Crippen molar-refractivity contribution in [3.05, 3.63) is 36.7 Å². The lowest BCUT2D eigenvalue weighted by atomic mass is 9.91. The van der Waals surface area contributed by atoms with Gasteiger partial charge in [0, 0.05) is 36.1 Å². The zero-order chi connectivity index (χ0) is 14.7. The van der Waals surface area contributed by atoms with Crippen LogP contribution in [0.5, 0.6) is 0 Å². The second-order valence-electron chi connectivity index (χ2n) is 6.13. The molecule has 0 bridgehead atoms. The highest BCUT2D eigenvalue weighted by Crippen LogP contribution is 2.26. The monoisotopic (exact) mass is 283 g/mol. The summed E-state index contributed by atoms with van der Waals surface area (Å²) in [7, 11) is 0. The van der Waals surface area contributed by atoms with E-state index in [0.717, 1.165) is 5.92 Å². The Hall–Kier alpha value is -1.61. The normalized spacial score (nSPS) is 21.3. The molecule has 112 valence electrons. The van der Waals surface area contributed by atoms with Crippen molar-refractivity contribution in [2.45, 2.75) is 32.7 Å². The standard InChI is InChI=1S/C18H25N3/c1-3-21-11-5-7-16(13-21)14(2)20-18-8-4-6-15-9-10-19-12-17(15)18/h4,6,8-10,12,14,16,20H,3,5,7,11,13H2,1-2H3. The maximum absolute atomic E-state index is 4.27. The average molecular weight is 283 g/mol. The Bertz CT molecular complexity index is 591. The van der Waals surface area contributed by atoms with Crippen LogP contribution in [0.1, 0.15) is 26.7 Å². The van der Waals surface area contributed by atoms with E-state index in [-0.39, 0.29) is 0 Å². The number of rotatable bonds is 4. The molecule has 1 aliphatic heterocycles. The number of piperidine rings is 1. The summed E-state index contributed by atoms with van der Waals surface area (Å²) in [6.45, 7) is 8.23. The Kier molecular flexibility index (Phi) is 4.39. The maximum atomic E-state index is 4.27. The van der Waals surface area contributed by atoms with Gasteiger partial charge in [0.15, 0.2) is 0 Å². The minimum Gasteiger partial charge on any atom is -0.382 e. The van der Waals surface area contributed by atoms with Crippen LogP contribution in [0, 0.1) is 5.92 Å². The lowest BCUT2D eigenvalue weighted by molar-refractivity contribution is 0.172. The third kappa shape index (κ3) is 3.18. The molecule has 2 atom stereocenters. The minimum absolute atomic E-state index is 0.491. The molecule has 1 aliphatic rings. The maximum Gasteiger partial charge on any atom is 0.0437 e. The van der Waals surface area contributed by atoms with Gasteiger partial charge in [-0.25, -0.2) is 0 Å². The van der Waals surface area contributed by atoms with Gasteiger partial charge in [0.2, 0.25) is 0 Å². The fourth-order valence-electron chi connectivity index (χ4n) is 3.39. The molecule has 1 saturated heterocycles. The molecule has 0 saturated carbocycles. The highest BCUT2D eigenvalue weighted by atomic mass is 15.1. The number of likely N-dealkylation sites (tertiary alicyclic amines) is 1. The molecule has 1 N–H and O–H groups in total. The predicted molar refractivity (Wildman–Crippen MR) is 89.7 cm³/mol. The van der Waals surface area contributed by atoms with Gasteiger partial charge in [0.1, 0.15) is 0 Å². The summed E-state index contributed by atoms with van der Waals surface area (Å²) in [5, 5.41) is 6.20. The van der Waals surface area contributed by atoms with Crippen LogP contribution in [0.3, 0.4) is 0 Å². The van der Waals surface area contributed by atoms with Gasteiger partial charge in [-0.15, -0.1) is 0 Å². The number of pyridine rings is 1. The van der Waals surface area contributed by atoms with E-state index in [0.29, 0.717) is 6.04 Å². The summed E-state index contributed by atoms with van der Waals surface area (Å²) in [5.41, 5.74) is 1.21. The molecule has 3 rings (SSSR count). The molecule has 2 aromatic rings. The van der Waals surface area contributed by atoms with Crippen LogP contribution in [0.25, 0.3) is 10.8 Å². The molecule has 0 radical (unpaired) electrons. The smallest absolute Gasteiger partial charge is 0.0437 e. The van der Waals surface area contributed by atoms with Gasteiger partial charge in [-0.3, -0.25) is 4.98 Å². The first-order valence-electron chi connectivity index (χ1n) is 8.09. The van der Waals surface area contributed by atoms with E-state index in [1.165, 1.54) is 48.9 Å². The van der Waals surface area contributed by atoms with Crippen molar-refractivity contribution in [2.24, 2.45) is 5.92 Å². The topological polar surface area (TPSA) is 28.2 Å². The Morgan fingerprint density at radius 2 is 2.29 bits per heavy atom. The van der Waals surface area contributed by atoms with Crippen LogP contribution < -0.4 is 5.32 Å². The first-order valence-corrected chi connectivity index (χ1v) is 8.09. The molecule has 1 aromatic heterocycles. The molecule has 0 spiro atoms. The van der Waals surface area contributed by atoms with E-state index in [1.807, 2.05) is 12.4 Å². The lowest BCUT2D eigenvalue weighted by Crippen LogP contribution is -2.41. The summed E-state index contributed by atoms with van der Waals surface area (Å²) in [6, 6.07) is 9.00. The fraction of sp³-hybridized carbons (Fsp3) is 0.500. The molecule has 2 unspecified atom stereocenters. The highest BCUT2D eigenvalue weighted by molar-refractivity contribution is 5.93. The summed E-state index contributed by atoms with van der Waals surface area (Å²) in [5.74, 6) is 0.727. The van der Waals surface area contributed by atoms with Crippen LogP contribution in [0.15, 0.2) is 36.7 Å². The van der Waals surface area contributed by atoms with Crippen LogP contribution in [0.2, 0.25) is 0 Å². The van der Waals surface area contributed by atoms with E-state index in [4.69, 9.17) is 0 Å². The zero-order valence-electron chi connectivity index (χ0n) is 13.0. The number of hydrogen-bond donors (Lipinski definition) is 1. The van der Waals surface area contributed by atoms with Crippen molar-refractivity contribution in [1.82, 2.24) is 9.88 Å². The summed E-state index contributed by atoms with van der Waals surface area (Å²) < 4.78 is 0. The van der Waals surface area contributed by atoms with Gasteiger partial charge in [-0.2, -0.15) is 0 Å². The van der Waals surface area contributed by atoms with E-state index in [9.17, 15) is 0 Å². The quantitative estimate of drug-likeness (QED) is 0.926. The van der Waals surface area contributed by atoms with Crippen molar-refractivity contribution in [2.75, 3.05) is 25.0 Å². The first kappa shape index (κ1) is 14.3. The number of hydrogen-bond acceptors (Lipinski definition) is 3.